The van der Waals surface area contributed by atoms with Crippen molar-refractivity contribution in [3.05, 3.63) is 67.9 Å². The minimum absolute atomic E-state index is 0.101. The van der Waals surface area contributed by atoms with E-state index in [1.54, 1.807) is 0 Å². The normalized spacial score (nSPS) is 10.6. The average molecular weight is 394 g/mol. The maximum Gasteiger partial charge on any atom is 0.199 e. The van der Waals surface area contributed by atoms with Gasteiger partial charge in [-0.05, 0) is 46.3 Å². The molecule has 0 aliphatic heterocycles. The molecule has 2 rings (SSSR count). The molecular weight excluding hydrogens is 389 g/mol. The van der Waals surface area contributed by atoms with Crippen LogP contribution < -0.4 is 0 Å². The third kappa shape index (κ3) is 2.90. The van der Waals surface area contributed by atoms with Crippen LogP contribution >= 0.6 is 31.9 Å². The summed E-state index contributed by atoms with van der Waals surface area (Å²) < 4.78 is 40.9. The number of hydrogen-bond donors (Lipinski definition) is 0. The van der Waals surface area contributed by atoms with E-state index in [9.17, 15) is 18.0 Å². The van der Waals surface area contributed by atoms with E-state index in [1.807, 2.05) is 0 Å². The Balaban J connectivity index is 2.56. The van der Waals surface area contributed by atoms with Crippen molar-refractivity contribution in [3.8, 4) is 0 Å². The molecule has 0 amide bonds. The van der Waals surface area contributed by atoms with E-state index >= 15 is 0 Å². The van der Waals surface area contributed by atoms with Gasteiger partial charge < -0.3 is 0 Å². The maximum absolute atomic E-state index is 13.6. The molecule has 6 heteroatoms. The maximum atomic E-state index is 13.6. The van der Waals surface area contributed by atoms with Crippen molar-refractivity contribution in [2.24, 2.45) is 0 Å². The zero-order valence-corrected chi connectivity index (χ0v) is 12.4. The summed E-state index contributed by atoms with van der Waals surface area (Å²) in [6.07, 6.45) is 0. The lowest BCUT2D eigenvalue weighted by atomic mass is 10.0. The minimum Gasteiger partial charge on any atom is -0.288 e. The Morgan fingerprint density at radius 2 is 1.47 bits per heavy atom. The second-order valence-corrected chi connectivity index (χ2v) is 5.47. The number of hydrogen-bond acceptors (Lipinski definition) is 1. The number of ketones is 1. The molecule has 0 atom stereocenters. The number of benzene rings is 2. The second kappa shape index (κ2) is 5.46. The molecule has 0 unspecified atom stereocenters. The van der Waals surface area contributed by atoms with E-state index in [1.165, 1.54) is 12.1 Å². The molecule has 0 saturated heterocycles. The largest absolute Gasteiger partial charge is 0.288 e. The van der Waals surface area contributed by atoms with Crippen molar-refractivity contribution in [1.29, 1.82) is 0 Å². The van der Waals surface area contributed by atoms with Gasteiger partial charge in [0.1, 0.15) is 17.5 Å². The molecule has 19 heavy (non-hydrogen) atoms. The van der Waals surface area contributed by atoms with Crippen molar-refractivity contribution >= 4 is 37.6 Å². The summed E-state index contributed by atoms with van der Waals surface area (Å²) in [7, 11) is 0. The summed E-state index contributed by atoms with van der Waals surface area (Å²) in [5.41, 5.74) is -0.840. The van der Waals surface area contributed by atoms with Crippen LogP contribution in [0.25, 0.3) is 0 Å². The van der Waals surface area contributed by atoms with E-state index in [0.29, 0.717) is 4.47 Å². The van der Waals surface area contributed by atoms with Gasteiger partial charge in [0.25, 0.3) is 0 Å². The first-order chi connectivity index (χ1) is 8.90. The van der Waals surface area contributed by atoms with Gasteiger partial charge in [-0.3, -0.25) is 4.79 Å². The predicted molar refractivity (Wildman–Crippen MR) is 71.6 cm³/mol. The molecule has 0 aromatic heterocycles. The predicted octanol–water partition coefficient (Wildman–Crippen LogP) is 4.86. The zero-order chi connectivity index (χ0) is 14.2. The Morgan fingerprint density at radius 3 is 2.16 bits per heavy atom. The highest BCUT2D eigenvalue weighted by Gasteiger charge is 2.20. The highest BCUT2D eigenvalue weighted by atomic mass is 79.9. The van der Waals surface area contributed by atoms with Crippen molar-refractivity contribution < 1.29 is 18.0 Å². The minimum atomic E-state index is -0.919. The van der Waals surface area contributed by atoms with E-state index in [2.05, 4.69) is 31.9 Å². The first-order valence-electron chi connectivity index (χ1n) is 5.04. The number of carbonyl (C=O) groups is 1. The molecule has 1 nitrogen and oxygen atoms in total. The Kier molecular flexibility index (Phi) is 4.10. The van der Waals surface area contributed by atoms with Gasteiger partial charge in [0, 0.05) is 4.47 Å². The molecule has 0 bridgehead atoms. The molecule has 0 aliphatic rings. The van der Waals surface area contributed by atoms with Gasteiger partial charge in [0.05, 0.1) is 15.6 Å². The van der Waals surface area contributed by atoms with Crippen LogP contribution in [-0.2, 0) is 0 Å². The van der Waals surface area contributed by atoms with Crippen LogP contribution in [0.5, 0.6) is 0 Å². The van der Waals surface area contributed by atoms with Crippen LogP contribution in [0.15, 0.2) is 39.3 Å². The van der Waals surface area contributed by atoms with Crippen LogP contribution in [0, 0.1) is 17.5 Å². The Bertz CT molecular complexity index is 671. The fourth-order valence-electron chi connectivity index (χ4n) is 1.51. The quantitative estimate of drug-likeness (QED) is 0.526. The van der Waals surface area contributed by atoms with Crippen molar-refractivity contribution in [1.82, 2.24) is 0 Å². The SMILES string of the molecule is O=C(c1cc(Br)ccc1F)c1cc(F)c(Br)cc1F. The van der Waals surface area contributed by atoms with Gasteiger partial charge in [-0.1, -0.05) is 15.9 Å². The van der Waals surface area contributed by atoms with Gasteiger partial charge in [-0.15, -0.1) is 0 Å². The van der Waals surface area contributed by atoms with E-state index in [-0.39, 0.29) is 10.0 Å². The monoisotopic (exact) mass is 392 g/mol. The van der Waals surface area contributed by atoms with Gasteiger partial charge >= 0.3 is 0 Å². The molecule has 2 aromatic carbocycles. The van der Waals surface area contributed by atoms with Crippen LogP contribution in [0.2, 0.25) is 0 Å². The molecule has 0 N–H and O–H groups in total. The summed E-state index contributed by atoms with van der Waals surface area (Å²) in [4.78, 5) is 12.0. The Hall–Kier alpha value is -1.14. The van der Waals surface area contributed by atoms with Crippen LogP contribution in [0.4, 0.5) is 13.2 Å². The molecule has 98 valence electrons. The topological polar surface area (TPSA) is 17.1 Å². The fraction of sp³-hybridized carbons (Fsp3) is 0. The molecule has 0 radical (unpaired) electrons. The molecule has 0 saturated carbocycles. The lowest BCUT2D eigenvalue weighted by Gasteiger charge is -2.06. The van der Waals surface area contributed by atoms with E-state index in [4.69, 9.17) is 0 Å². The number of halogens is 5. The lowest BCUT2D eigenvalue weighted by Crippen LogP contribution is -2.07. The molecule has 0 fully saturated rings. The van der Waals surface area contributed by atoms with Crippen LogP contribution in [-0.4, -0.2) is 5.78 Å². The van der Waals surface area contributed by atoms with Crippen molar-refractivity contribution in [3.63, 3.8) is 0 Å². The molecule has 0 aliphatic carbocycles. The number of rotatable bonds is 2. The number of carbonyl (C=O) groups excluding carboxylic acids is 1. The summed E-state index contributed by atoms with van der Waals surface area (Å²) in [6.45, 7) is 0. The van der Waals surface area contributed by atoms with Gasteiger partial charge in [0.15, 0.2) is 5.78 Å². The summed E-state index contributed by atoms with van der Waals surface area (Å²) in [5, 5.41) is 0. The first kappa shape index (κ1) is 14.3. The molecule has 0 heterocycles. The lowest BCUT2D eigenvalue weighted by molar-refractivity contribution is 0.103. The first-order valence-corrected chi connectivity index (χ1v) is 6.63. The average Bonchev–Trinajstić information content (AvgIpc) is 2.36. The van der Waals surface area contributed by atoms with E-state index in [0.717, 1.165) is 18.2 Å². The molecule has 0 spiro atoms. The highest BCUT2D eigenvalue weighted by molar-refractivity contribution is 9.10. The zero-order valence-electron chi connectivity index (χ0n) is 9.18. The van der Waals surface area contributed by atoms with Gasteiger partial charge in [-0.2, -0.15) is 0 Å². The fourth-order valence-corrected chi connectivity index (χ4v) is 2.19. The van der Waals surface area contributed by atoms with Gasteiger partial charge in [0.2, 0.25) is 0 Å². The smallest absolute Gasteiger partial charge is 0.199 e. The third-order valence-corrected chi connectivity index (χ3v) is 3.53. The Morgan fingerprint density at radius 1 is 0.842 bits per heavy atom. The van der Waals surface area contributed by atoms with Crippen molar-refractivity contribution in [2.75, 3.05) is 0 Å². The van der Waals surface area contributed by atoms with Crippen molar-refractivity contribution in [2.45, 2.75) is 0 Å². The Labute approximate surface area is 123 Å². The van der Waals surface area contributed by atoms with E-state index < -0.39 is 28.8 Å². The summed E-state index contributed by atoms with van der Waals surface area (Å²) in [5.74, 6) is -3.42. The summed E-state index contributed by atoms with van der Waals surface area (Å²) >= 11 is 5.89. The third-order valence-electron chi connectivity index (χ3n) is 2.43. The standard InChI is InChI=1S/C13H5Br2F3O/c14-6-1-2-10(16)7(3-6)13(19)8-4-12(18)9(15)5-11(8)17/h1-5H. The second-order valence-electron chi connectivity index (χ2n) is 3.70. The van der Waals surface area contributed by atoms with Crippen LogP contribution in [0.1, 0.15) is 15.9 Å². The van der Waals surface area contributed by atoms with Gasteiger partial charge in [-0.25, -0.2) is 13.2 Å². The van der Waals surface area contributed by atoms with Crippen LogP contribution in [0.3, 0.4) is 0 Å². The molecule has 2 aromatic rings. The summed E-state index contributed by atoms with van der Waals surface area (Å²) in [6, 6.07) is 5.27. The molecular formula is C13H5Br2F3O. The highest BCUT2D eigenvalue weighted by Crippen LogP contribution is 2.24.